The summed E-state index contributed by atoms with van der Waals surface area (Å²) in [6.07, 6.45) is 0.543. The van der Waals surface area contributed by atoms with Gasteiger partial charge in [-0.2, -0.15) is 0 Å². The van der Waals surface area contributed by atoms with Crippen molar-refractivity contribution in [2.45, 2.75) is 38.8 Å². The molecule has 0 aromatic carbocycles. The third-order valence-electron chi connectivity index (χ3n) is 2.69. The van der Waals surface area contributed by atoms with E-state index in [9.17, 15) is 4.79 Å². The van der Waals surface area contributed by atoms with Gasteiger partial charge in [0.25, 0.3) is 0 Å². The van der Waals surface area contributed by atoms with E-state index < -0.39 is 5.60 Å². The first-order valence-electron chi connectivity index (χ1n) is 5.68. The summed E-state index contributed by atoms with van der Waals surface area (Å²) in [4.78, 5) is 13.4. The van der Waals surface area contributed by atoms with Crippen LogP contribution in [0.25, 0.3) is 0 Å². The first-order chi connectivity index (χ1) is 7.33. The van der Waals surface area contributed by atoms with Crippen LogP contribution < -0.4 is 5.73 Å². The molecule has 0 aliphatic carbocycles. The summed E-state index contributed by atoms with van der Waals surface area (Å²) >= 11 is 0. The second kappa shape index (κ2) is 5.01. The predicted molar refractivity (Wildman–Crippen MR) is 61.0 cm³/mol. The highest BCUT2D eigenvalue weighted by molar-refractivity contribution is 5.68. The van der Waals surface area contributed by atoms with Crippen LogP contribution >= 0.6 is 0 Å². The fraction of sp³-hybridized carbons (Fsp3) is 0.909. The van der Waals surface area contributed by atoms with Crippen LogP contribution in [-0.4, -0.2) is 47.4 Å². The smallest absolute Gasteiger partial charge is 0.410 e. The molecule has 1 heterocycles. The van der Waals surface area contributed by atoms with Gasteiger partial charge >= 0.3 is 6.09 Å². The largest absolute Gasteiger partial charge is 0.444 e. The molecule has 5 heteroatoms. The fourth-order valence-electron chi connectivity index (χ4n) is 1.78. The van der Waals surface area contributed by atoms with E-state index in [-0.39, 0.29) is 24.7 Å². The Kier molecular flexibility index (Phi) is 4.15. The van der Waals surface area contributed by atoms with Crippen molar-refractivity contribution < 1.29 is 14.6 Å². The number of rotatable bonds is 2. The number of amides is 1. The number of aliphatic hydroxyl groups is 1. The van der Waals surface area contributed by atoms with Gasteiger partial charge < -0.3 is 20.5 Å². The van der Waals surface area contributed by atoms with Crippen LogP contribution in [-0.2, 0) is 4.74 Å². The average molecular weight is 230 g/mol. The molecule has 0 unspecified atom stereocenters. The summed E-state index contributed by atoms with van der Waals surface area (Å²) in [5.74, 6) is 0.178. The Hall–Kier alpha value is -0.810. The minimum atomic E-state index is -0.464. The van der Waals surface area contributed by atoms with Gasteiger partial charge in [-0.15, -0.1) is 0 Å². The van der Waals surface area contributed by atoms with Gasteiger partial charge in [0.15, 0.2) is 0 Å². The highest BCUT2D eigenvalue weighted by atomic mass is 16.6. The molecule has 1 saturated heterocycles. The molecule has 1 amide bonds. The lowest BCUT2D eigenvalue weighted by atomic mass is 10.0. The standard InChI is InChI=1S/C11H22N2O3/c1-11(2,3)16-10(15)13-5-4-8(6-13)9(12)7-14/h8-9,14H,4-7,12H2,1-3H3/t8-,9-/m0/s1. The molecule has 94 valence electrons. The van der Waals surface area contributed by atoms with Crippen molar-refractivity contribution in [3.05, 3.63) is 0 Å². The van der Waals surface area contributed by atoms with Gasteiger partial charge in [0, 0.05) is 19.1 Å². The number of hydrogen-bond acceptors (Lipinski definition) is 4. The maximum absolute atomic E-state index is 11.7. The van der Waals surface area contributed by atoms with Gasteiger partial charge in [-0.25, -0.2) is 4.79 Å². The maximum Gasteiger partial charge on any atom is 0.410 e. The molecule has 0 spiro atoms. The zero-order valence-corrected chi connectivity index (χ0v) is 10.3. The van der Waals surface area contributed by atoms with Crippen LogP contribution in [0.1, 0.15) is 27.2 Å². The lowest BCUT2D eigenvalue weighted by Crippen LogP contribution is -2.38. The summed E-state index contributed by atoms with van der Waals surface area (Å²) in [6.45, 7) is 6.74. The molecule has 0 radical (unpaired) electrons. The van der Waals surface area contributed by atoms with E-state index >= 15 is 0 Å². The van der Waals surface area contributed by atoms with Crippen molar-refractivity contribution >= 4 is 6.09 Å². The summed E-state index contributed by atoms with van der Waals surface area (Å²) in [6, 6.07) is -0.243. The molecule has 5 nitrogen and oxygen atoms in total. The Balaban J connectivity index is 2.44. The average Bonchev–Trinajstić information content (AvgIpc) is 2.62. The van der Waals surface area contributed by atoms with Crippen LogP contribution in [0.4, 0.5) is 4.79 Å². The monoisotopic (exact) mass is 230 g/mol. The molecule has 1 rings (SSSR count). The van der Waals surface area contributed by atoms with Gasteiger partial charge in [0.05, 0.1) is 6.61 Å². The van der Waals surface area contributed by atoms with E-state index in [4.69, 9.17) is 15.6 Å². The maximum atomic E-state index is 11.7. The third-order valence-corrected chi connectivity index (χ3v) is 2.69. The molecule has 1 aliphatic rings. The lowest BCUT2D eigenvalue weighted by Gasteiger charge is -2.25. The van der Waals surface area contributed by atoms with Gasteiger partial charge in [0.2, 0.25) is 0 Å². The van der Waals surface area contributed by atoms with Crippen LogP contribution in [0.5, 0.6) is 0 Å². The van der Waals surface area contributed by atoms with Crippen molar-refractivity contribution in [3.63, 3.8) is 0 Å². The molecular weight excluding hydrogens is 208 g/mol. The Morgan fingerprint density at radius 2 is 2.25 bits per heavy atom. The Morgan fingerprint density at radius 1 is 1.62 bits per heavy atom. The van der Waals surface area contributed by atoms with E-state index in [1.807, 2.05) is 20.8 Å². The second-order valence-electron chi connectivity index (χ2n) is 5.32. The second-order valence-corrected chi connectivity index (χ2v) is 5.32. The number of nitrogens with two attached hydrogens (primary N) is 1. The van der Waals surface area contributed by atoms with Gasteiger partial charge in [-0.3, -0.25) is 0 Å². The normalized spacial score (nSPS) is 23.3. The minimum Gasteiger partial charge on any atom is -0.444 e. The zero-order valence-electron chi connectivity index (χ0n) is 10.3. The zero-order chi connectivity index (χ0) is 12.3. The van der Waals surface area contributed by atoms with Crippen molar-refractivity contribution in [1.82, 2.24) is 4.90 Å². The SMILES string of the molecule is CC(C)(C)OC(=O)N1CC[C@H]([C@@H](N)CO)C1. The fourth-order valence-corrected chi connectivity index (χ4v) is 1.78. The number of aliphatic hydroxyl groups excluding tert-OH is 1. The Bertz CT molecular complexity index is 250. The Morgan fingerprint density at radius 3 is 2.75 bits per heavy atom. The first kappa shape index (κ1) is 13.3. The van der Waals surface area contributed by atoms with Crippen molar-refractivity contribution in [2.75, 3.05) is 19.7 Å². The number of nitrogens with zero attached hydrogens (tertiary/aromatic N) is 1. The number of carbonyl (C=O) groups excluding carboxylic acids is 1. The highest BCUT2D eigenvalue weighted by Gasteiger charge is 2.32. The molecule has 2 atom stereocenters. The minimum absolute atomic E-state index is 0.0349. The molecule has 0 saturated carbocycles. The number of ether oxygens (including phenoxy) is 1. The van der Waals surface area contributed by atoms with Crippen LogP contribution in [0.2, 0.25) is 0 Å². The molecule has 3 N–H and O–H groups in total. The van der Waals surface area contributed by atoms with Crippen molar-refractivity contribution in [2.24, 2.45) is 11.7 Å². The summed E-state index contributed by atoms with van der Waals surface area (Å²) in [5.41, 5.74) is 5.28. The van der Waals surface area contributed by atoms with Crippen molar-refractivity contribution in [3.8, 4) is 0 Å². The Labute approximate surface area is 96.6 Å². The third kappa shape index (κ3) is 3.64. The van der Waals surface area contributed by atoms with Gasteiger partial charge in [-0.1, -0.05) is 0 Å². The predicted octanol–water partition coefficient (Wildman–Crippen LogP) is 0.563. The van der Waals surface area contributed by atoms with E-state index in [1.165, 1.54) is 0 Å². The van der Waals surface area contributed by atoms with E-state index in [0.717, 1.165) is 6.42 Å². The molecule has 0 bridgehead atoms. The molecule has 0 aromatic rings. The van der Waals surface area contributed by atoms with Gasteiger partial charge in [0.1, 0.15) is 5.60 Å². The van der Waals surface area contributed by atoms with Crippen LogP contribution in [0.15, 0.2) is 0 Å². The first-order valence-corrected chi connectivity index (χ1v) is 5.68. The molecule has 1 fully saturated rings. The topological polar surface area (TPSA) is 75.8 Å². The van der Waals surface area contributed by atoms with Crippen molar-refractivity contribution in [1.29, 1.82) is 0 Å². The van der Waals surface area contributed by atoms with Crippen LogP contribution in [0.3, 0.4) is 0 Å². The summed E-state index contributed by atoms with van der Waals surface area (Å²) < 4.78 is 5.27. The summed E-state index contributed by atoms with van der Waals surface area (Å²) in [5, 5.41) is 8.95. The lowest BCUT2D eigenvalue weighted by molar-refractivity contribution is 0.0284. The summed E-state index contributed by atoms with van der Waals surface area (Å²) in [7, 11) is 0. The van der Waals surface area contributed by atoms with E-state index in [0.29, 0.717) is 13.1 Å². The number of likely N-dealkylation sites (tertiary alicyclic amines) is 1. The van der Waals surface area contributed by atoms with Gasteiger partial charge in [-0.05, 0) is 33.1 Å². The molecule has 16 heavy (non-hydrogen) atoms. The van der Waals surface area contributed by atoms with E-state index in [1.54, 1.807) is 4.90 Å². The highest BCUT2D eigenvalue weighted by Crippen LogP contribution is 2.21. The number of hydrogen-bond donors (Lipinski definition) is 2. The number of carbonyl (C=O) groups is 1. The molecule has 1 aliphatic heterocycles. The molecule has 0 aromatic heterocycles. The quantitative estimate of drug-likeness (QED) is 0.727. The molecular formula is C11H22N2O3. The van der Waals surface area contributed by atoms with E-state index in [2.05, 4.69) is 0 Å². The van der Waals surface area contributed by atoms with Crippen LogP contribution in [0, 0.1) is 5.92 Å².